The molecule has 0 radical (unpaired) electrons. The first-order valence-corrected chi connectivity index (χ1v) is 9.12. The lowest BCUT2D eigenvalue weighted by atomic mass is 9.96. The van der Waals surface area contributed by atoms with Crippen LogP contribution in [0.2, 0.25) is 0 Å². The number of carbonyl (C=O) groups is 1. The quantitative estimate of drug-likeness (QED) is 0.781. The fraction of sp³-hybridized carbons (Fsp3) is 0.421. The molecule has 4 rings (SSSR count). The summed E-state index contributed by atoms with van der Waals surface area (Å²) in [5.41, 5.74) is 2.16. The average Bonchev–Trinajstić information content (AvgIpc) is 3.28. The number of benzene rings is 1. The van der Waals surface area contributed by atoms with Crippen molar-refractivity contribution in [3.8, 4) is 0 Å². The van der Waals surface area contributed by atoms with Gasteiger partial charge in [0.2, 0.25) is 0 Å². The Morgan fingerprint density at radius 3 is 2.88 bits per heavy atom. The Balaban J connectivity index is 1.44. The van der Waals surface area contributed by atoms with E-state index in [0.717, 1.165) is 42.7 Å². The normalized spacial score (nSPS) is 15.7. The fourth-order valence-electron chi connectivity index (χ4n) is 3.62. The lowest BCUT2D eigenvalue weighted by Crippen LogP contribution is -2.39. The Kier molecular flexibility index (Phi) is 4.44. The molecule has 1 amide bonds. The highest BCUT2D eigenvalue weighted by Crippen LogP contribution is 2.28. The van der Waals surface area contributed by atoms with Crippen LogP contribution in [0.1, 0.15) is 48.4 Å². The number of aryl methyl sites for hydroxylation is 1. The largest absolute Gasteiger partial charge is 0.342 e. The van der Waals surface area contributed by atoms with Gasteiger partial charge in [-0.05, 0) is 43.5 Å². The van der Waals surface area contributed by atoms with E-state index in [1.807, 2.05) is 4.90 Å². The molecule has 2 aromatic heterocycles. The molecule has 1 N–H and O–H groups in total. The van der Waals surface area contributed by atoms with Crippen molar-refractivity contribution in [3.63, 3.8) is 0 Å². The van der Waals surface area contributed by atoms with Crippen LogP contribution in [0.4, 0.5) is 4.39 Å². The van der Waals surface area contributed by atoms with Gasteiger partial charge in [0, 0.05) is 31.7 Å². The van der Waals surface area contributed by atoms with Crippen LogP contribution >= 0.6 is 0 Å². The van der Waals surface area contributed by atoms with E-state index in [4.69, 9.17) is 0 Å². The first-order valence-electron chi connectivity index (χ1n) is 9.12. The molecule has 0 saturated carbocycles. The number of nitrogens with one attached hydrogen (secondary N) is 1. The lowest BCUT2D eigenvalue weighted by molar-refractivity contribution is 0.0698. The van der Waals surface area contributed by atoms with Crippen molar-refractivity contribution in [2.24, 2.45) is 0 Å². The van der Waals surface area contributed by atoms with Crippen molar-refractivity contribution in [3.05, 3.63) is 47.8 Å². The van der Waals surface area contributed by atoms with Gasteiger partial charge in [0.15, 0.2) is 0 Å². The standard InChI is InChI=1S/C19H22FN5O/c1-2-9-25-17(5-8-21-25)19(26)24-10-6-13(7-11-24)18-22-15-4-3-14(20)12-16(15)23-18/h3-5,8,12-13H,2,6-7,9-11H2,1H3,(H,22,23). The van der Waals surface area contributed by atoms with Crippen LogP contribution in [0, 0.1) is 5.82 Å². The molecule has 26 heavy (non-hydrogen) atoms. The smallest absolute Gasteiger partial charge is 0.272 e. The maximum Gasteiger partial charge on any atom is 0.272 e. The number of halogens is 1. The molecule has 1 aromatic carbocycles. The number of hydrogen-bond acceptors (Lipinski definition) is 3. The molecule has 1 saturated heterocycles. The second kappa shape index (κ2) is 6.90. The summed E-state index contributed by atoms with van der Waals surface area (Å²) in [7, 11) is 0. The second-order valence-electron chi connectivity index (χ2n) is 6.79. The number of H-pyrrole nitrogens is 1. The summed E-state index contributed by atoms with van der Waals surface area (Å²) in [5, 5.41) is 4.24. The molecule has 136 valence electrons. The van der Waals surface area contributed by atoms with Crippen LogP contribution in [-0.4, -0.2) is 43.6 Å². The third-order valence-electron chi connectivity index (χ3n) is 5.00. The summed E-state index contributed by atoms with van der Waals surface area (Å²) in [6.45, 7) is 4.19. The van der Waals surface area contributed by atoms with Gasteiger partial charge in [-0.2, -0.15) is 5.10 Å². The fourth-order valence-corrected chi connectivity index (χ4v) is 3.62. The van der Waals surface area contributed by atoms with Gasteiger partial charge in [-0.1, -0.05) is 6.92 Å². The van der Waals surface area contributed by atoms with E-state index in [-0.39, 0.29) is 17.6 Å². The van der Waals surface area contributed by atoms with Crippen molar-refractivity contribution in [2.75, 3.05) is 13.1 Å². The summed E-state index contributed by atoms with van der Waals surface area (Å²) in [5.74, 6) is 0.918. The Morgan fingerprint density at radius 2 is 2.12 bits per heavy atom. The zero-order chi connectivity index (χ0) is 18.1. The van der Waals surface area contributed by atoms with Crippen molar-refractivity contribution < 1.29 is 9.18 Å². The minimum atomic E-state index is -0.267. The number of fused-ring (bicyclic) bond motifs is 1. The van der Waals surface area contributed by atoms with Gasteiger partial charge < -0.3 is 9.88 Å². The molecule has 0 spiro atoms. The maximum atomic E-state index is 13.4. The number of nitrogens with zero attached hydrogens (tertiary/aromatic N) is 4. The molecular formula is C19H22FN5O. The number of likely N-dealkylation sites (tertiary alicyclic amines) is 1. The third-order valence-corrected chi connectivity index (χ3v) is 5.00. The lowest BCUT2D eigenvalue weighted by Gasteiger charge is -2.31. The van der Waals surface area contributed by atoms with Crippen molar-refractivity contribution in [1.29, 1.82) is 0 Å². The van der Waals surface area contributed by atoms with Crippen molar-refractivity contribution in [2.45, 2.75) is 38.6 Å². The summed E-state index contributed by atoms with van der Waals surface area (Å²) in [4.78, 5) is 22.5. The Labute approximate surface area is 151 Å². The summed E-state index contributed by atoms with van der Waals surface area (Å²) in [6.07, 6.45) is 4.31. The van der Waals surface area contributed by atoms with E-state index in [2.05, 4.69) is 22.0 Å². The van der Waals surface area contributed by atoms with Gasteiger partial charge in [-0.25, -0.2) is 9.37 Å². The summed E-state index contributed by atoms with van der Waals surface area (Å²) >= 11 is 0. The number of carbonyl (C=O) groups excluding carboxylic acids is 1. The summed E-state index contributed by atoms with van der Waals surface area (Å²) < 4.78 is 15.1. The molecule has 3 aromatic rings. The predicted molar refractivity (Wildman–Crippen MR) is 96.4 cm³/mol. The number of hydrogen-bond donors (Lipinski definition) is 1. The van der Waals surface area contributed by atoms with Crippen LogP contribution in [0.5, 0.6) is 0 Å². The van der Waals surface area contributed by atoms with Crippen molar-refractivity contribution in [1.82, 2.24) is 24.6 Å². The van der Waals surface area contributed by atoms with Gasteiger partial charge in [-0.15, -0.1) is 0 Å². The second-order valence-corrected chi connectivity index (χ2v) is 6.79. The van der Waals surface area contributed by atoms with Crippen LogP contribution in [0.25, 0.3) is 11.0 Å². The van der Waals surface area contributed by atoms with E-state index in [9.17, 15) is 9.18 Å². The number of rotatable bonds is 4. The average molecular weight is 355 g/mol. The van der Waals surface area contributed by atoms with Gasteiger partial charge in [0.25, 0.3) is 5.91 Å². The third kappa shape index (κ3) is 3.09. The first kappa shape index (κ1) is 16.8. The predicted octanol–water partition coefficient (Wildman–Crippen LogP) is 3.33. The van der Waals surface area contributed by atoms with Crippen LogP contribution < -0.4 is 0 Å². The molecule has 3 heterocycles. The topological polar surface area (TPSA) is 66.8 Å². The van der Waals surface area contributed by atoms with Crippen LogP contribution in [0.3, 0.4) is 0 Å². The van der Waals surface area contributed by atoms with Gasteiger partial charge in [-0.3, -0.25) is 9.48 Å². The molecule has 1 aliphatic heterocycles. The minimum Gasteiger partial charge on any atom is -0.342 e. The van der Waals surface area contributed by atoms with E-state index in [1.165, 1.54) is 12.1 Å². The van der Waals surface area contributed by atoms with E-state index < -0.39 is 0 Å². The SMILES string of the molecule is CCCn1nccc1C(=O)N1CCC(c2nc3ccc(F)cc3[nH]2)CC1. The Bertz CT molecular complexity index is 923. The van der Waals surface area contributed by atoms with E-state index in [1.54, 1.807) is 23.0 Å². The number of imidazole rings is 1. The molecular weight excluding hydrogens is 333 g/mol. The molecule has 7 heteroatoms. The molecule has 0 atom stereocenters. The number of aromatic amines is 1. The molecule has 1 aliphatic rings. The van der Waals surface area contributed by atoms with Gasteiger partial charge in [0.1, 0.15) is 17.3 Å². The zero-order valence-electron chi connectivity index (χ0n) is 14.8. The molecule has 0 unspecified atom stereocenters. The highest BCUT2D eigenvalue weighted by molar-refractivity contribution is 5.92. The number of piperidine rings is 1. The number of aromatic nitrogens is 4. The highest BCUT2D eigenvalue weighted by Gasteiger charge is 2.27. The molecule has 0 bridgehead atoms. The Hall–Kier alpha value is -2.70. The zero-order valence-corrected chi connectivity index (χ0v) is 14.8. The monoisotopic (exact) mass is 355 g/mol. The first-order chi connectivity index (χ1) is 12.7. The summed E-state index contributed by atoms with van der Waals surface area (Å²) in [6, 6.07) is 6.38. The van der Waals surface area contributed by atoms with Crippen molar-refractivity contribution >= 4 is 16.9 Å². The molecule has 0 aliphatic carbocycles. The van der Waals surface area contributed by atoms with Crippen LogP contribution in [-0.2, 0) is 6.54 Å². The minimum absolute atomic E-state index is 0.0427. The van der Waals surface area contributed by atoms with Gasteiger partial charge in [0.05, 0.1) is 11.0 Å². The highest BCUT2D eigenvalue weighted by atomic mass is 19.1. The van der Waals surface area contributed by atoms with Gasteiger partial charge >= 0.3 is 0 Å². The Morgan fingerprint density at radius 1 is 1.31 bits per heavy atom. The van der Waals surface area contributed by atoms with E-state index in [0.29, 0.717) is 18.8 Å². The van der Waals surface area contributed by atoms with Crippen LogP contribution in [0.15, 0.2) is 30.5 Å². The number of amides is 1. The maximum absolute atomic E-state index is 13.4. The van der Waals surface area contributed by atoms with E-state index >= 15 is 0 Å². The molecule has 1 fully saturated rings. The molecule has 6 nitrogen and oxygen atoms in total.